The van der Waals surface area contributed by atoms with Crippen LogP contribution in [-0.4, -0.2) is 14.2 Å². The first kappa shape index (κ1) is 93.1. The molecule has 0 bridgehead atoms. The van der Waals surface area contributed by atoms with Gasteiger partial charge < -0.3 is 37.9 Å². The van der Waals surface area contributed by atoms with Gasteiger partial charge in [0.05, 0.1) is 58.3 Å². The second-order valence-corrected chi connectivity index (χ2v) is 35.9. The van der Waals surface area contributed by atoms with Gasteiger partial charge in [-0.15, -0.1) is 0 Å². The Morgan fingerprint density at radius 2 is 0.394 bits per heavy atom. The van der Waals surface area contributed by atoms with Gasteiger partial charge in [0.2, 0.25) is 9.84 Å². The van der Waals surface area contributed by atoms with Crippen molar-refractivity contribution in [3.63, 3.8) is 0 Å². The molecule has 0 unspecified atom stereocenters. The van der Waals surface area contributed by atoms with E-state index in [4.69, 9.17) is 64.2 Å². The molecule has 0 N–H and O–H groups in total. The van der Waals surface area contributed by atoms with Gasteiger partial charge in [0, 0.05) is 32.8 Å². The Bertz CT molecular complexity index is 7220. The summed E-state index contributed by atoms with van der Waals surface area (Å²) in [7, 11) is -3.83. The molecule has 0 amide bonds. The minimum Gasteiger partial charge on any atom is -0.459 e. The van der Waals surface area contributed by atoms with Gasteiger partial charge in [0.15, 0.2) is 28.5 Å². The van der Waals surface area contributed by atoms with Crippen molar-refractivity contribution >= 4 is 38.4 Å². The van der Waals surface area contributed by atoms with Gasteiger partial charge in [-0.1, -0.05) is 165 Å². The van der Waals surface area contributed by atoms with Gasteiger partial charge in [0.25, 0.3) is 0 Å². The Balaban J connectivity index is 0.000000208. The van der Waals surface area contributed by atoms with Crippen LogP contribution in [0.15, 0.2) is 374 Å². The van der Waals surface area contributed by atoms with E-state index in [0.717, 1.165) is 44.5 Å². The average molecular weight is 1810 g/mol. The number of ketones is 1. The molecular formula is C117H84N8O11S. The Morgan fingerprint density at radius 3 is 0.591 bits per heavy atom. The minimum atomic E-state index is -3.83. The average Bonchev–Trinajstić information content (AvgIpc) is 0.803. The van der Waals surface area contributed by atoms with Crippen molar-refractivity contribution in [3.05, 3.63) is 488 Å². The first-order chi connectivity index (χ1) is 66.0. The molecule has 137 heavy (non-hydrogen) atoms. The summed E-state index contributed by atoms with van der Waals surface area (Å²) in [5.74, 6) is 9.00. The number of carbonyl (C=O) groups is 1. The number of ether oxygens (including phenoxy) is 8. The van der Waals surface area contributed by atoms with E-state index in [1.54, 1.807) is 146 Å². The molecule has 16 rings (SSSR count). The summed E-state index contributed by atoms with van der Waals surface area (Å²) in [6.07, 6.45) is 0. The molecular weight excluding hydrogens is 1730 g/mol. The molecule has 0 spiro atoms. The van der Waals surface area contributed by atoms with Crippen LogP contribution in [0.1, 0.15) is 138 Å². The van der Waals surface area contributed by atoms with Crippen molar-refractivity contribution in [2.45, 2.75) is 86.8 Å². The molecule has 0 saturated heterocycles. The van der Waals surface area contributed by atoms with E-state index < -0.39 is 9.84 Å². The van der Waals surface area contributed by atoms with E-state index in [1.807, 2.05) is 218 Å². The lowest BCUT2D eigenvalue weighted by atomic mass is 9.78. The highest BCUT2D eigenvalue weighted by molar-refractivity contribution is 7.91. The van der Waals surface area contributed by atoms with Crippen LogP contribution >= 0.6 is 0 Å². The molecule has 16 aromatic carbocycles. The van der Waals surface area contributed by atoms with Crippen molar-refractivity contribution in [1.82, 2.24) is 0 Å². The van der Waals surface area contributed by atoms with Crippen LogP contribution in [0.25, 0.3) is 19.4 Å². The van der Waals surface area contributed by atoms with Crippen LogP contribution in [0.5, 0.6) is 92.0 Å². The summed E-state index contributed by atoms with van der Waals surface area (Å²) < 4.78 is 75.6. The molecule has 0 aliphatic heterocycles. The molecule has 20 heteroatoms. The van der Waals surface area contributed by atoms with E-state index >= 15 is 0 Å². The second-order valence-electron chi connectivity index (χ2n) is 33.9. The fourth-order valence-corrected chi connectivity index (χ4v) is 16.6. The zero-order valence-corrected chi connectivity index (χ0v) is 76.4. The summed E-state index contributed by atoms with van der Waals surface area (Å²) in [5, 5.41) is 37.1. The molecule has 0 aliphatic rings. The first-order valence-corrected chi connectivity index (χ1v) is 44.7. The number of carbonyl (C=O) groups excluding carboxylic acids is 1. The smallest absolute Gasteiger partial charge is 0.206 e. The molecule has 0 saturated carbocycles. The van der Waals surface area contributed by atoms with Crippen LogP contribution in [0.3, 0.4) is 0 Å². The number of hydrogen-bond donors (Lipinski definition) is 0. The SMILES string of the molecule is [C-]#[N+]c1ccc(Oc2ccc(C(C)(C)c3ccc(Oc4ccc(C(=O)c5ccc(Oc6ccc(C(C)(C)c7ccc(Oc8ccc(C#N)c(C#N)c8)cc7)cc6)cc5)cc4)cc3)cc2)cc1[N+]#[C-].[C-]#[N+]c1ccc(Oc2ccc(C(C)(C)c3ccc(Oc4ccc(S(=O)(=O)c5ccc(Oc6ccc(C(C)(C)c7ccc(Oc8ccc(C#N)c(C#N)c8)cc7)cc6)cc5)cc4)cc3)cc2)cc1[N+]#[C-]. The Kier molecular flexibility index (Phi) is 27.5. The Hall–Kier alpha value is -18.5. The normalized spacial score (nSPS) is 11.1. The van der Waals surface area contributed by atoms with Gasteiger partial charge in [-0.25, -0.2) is 18.1 Å². The maximum Gasteiger partial charge on any atom is 0.206 e. The van der Waals surface area contributed by atoms with E-state index in [0.29, 0.717) is 120 Å². The minimum absolute atomic E-state index is 0.118. The summed E-state index contributed by atoms with van der Waals surface area (Å²) in [4.78, 5) is 27.3. The lowest BCUT2D eigenvalue weighted by molar-refractivity contribution is 0.103. The van der Waals surface area contributed by atoms with Gasteiger partial charge >= 0.3 is 0 Å². The van der Waals surface area contributed by atoms with Gasteiger partial charge in [-0.3, -0.25) is 14.5 Å². The van der Waals surface area contributed by atoms with Crippen molar-refractivity contribution in [2.75, 3.05) is 0 Å². The maximum absolute atomic E-state index is 13.6. The van der Waals surface area contributed by atoms with Crippen LogP contribution in [-0.2, 0) is 31.5 Å². The molecule has 0 aromatic heterocycles. The topological polar surface area (TPSA) is 238 Å². The zero-order chi connectivity index (χ0) is 96.6. The molecule has 16 aromatic rings. The van der Waals surface area contributed by atoms with Crippen LogP contribution in [0.4, 0.5) is 22.7 Å². The first-order valence-electron chi connectivity index (χ1n) is 43.2. The van der Waals surface area contributed by atoms with Crippen molar-refractivity contribution in [2.24, 2.45) is 0 Å². The fourth-order valence-electron chi connectivity index (χ4n) is 15.4. The molecule has 0 heterocycles. The molecule has 19 nitrogen and oxygen atoms in total. The fraction of sp³-hybridized carbons (Fsp3) is 0.103. The highest BCUT2D eigenvalue weighted by Crippen LogP contribution is 2.44. The molecule has 0 atom stereocenters. The Labute approximate surface area is 796 Å². The molecule has 0 aliphatic carbocycles. The largest absolute Gasteiger partial charge is 0.459 e. The van der Waals surface area contributed by atoms with Crippen molar-refractivity contribution < 1.29 is 51.1 Å². The van der Waals surface area contributed by atoms with E-state index in [9.17, 15) is 34.3 Å². The summed E-state index contributed by atoms with van der Waals surface area (Å²) >= 11 is 0. The second kappa shape index (κ2) is 40.4. The third kappa shape index (κ3) is 21.6. The standard InChI is InChI=1S/C59H42N4O5.C58H42N4O6S/c1-58(2,45-16-29-51(30-17-45)67-53-24-11-41(37-60)42(35-53)38-61)43-12-25-49(26-13-43)65-47-20-7-39(8-21-47)57(64)40-9-22-48(23-10-40)66-50-27-14-44(15-28-50)59(3,4)46-18-31-52(32-19-46)68-54-33-34-55(62-5)56(36-54)63-6;1-57(2,43-12-21-47(22-13-43)67-51-16-7-39(37-59)40(35-51)38-60)41-8-17-45(18-9-41)65-49-25-30-53(31-26-49)69(63,64)54-32-27-50(28-33-54)66-46-19-10-42(11-20-46)58(3,4)44-14-23-48(24-15-44)68-52-29-34-55(61-5)56(36-52)62-6/h7-36H,1-4H3;7-36H,1-4H3. The molecule has 664 valence electrons. The van der Waals surface area contributed by atoms with Crippen molar-refractivity contribution in [1.29, 1.82) is 21.0 Å². The number of benzene rings is 16. The predicted molar refractivity (Wildman–Crippen MR) is 525 cm³/mol. The number of nitriles is 4. The monoisotopic (exact) mass is 1810 g/mol. The van der Waals surface area contributed by atoms with Crippen LogP contribution in [0.2, 0.25) is 0 Å². The van der Waals surface area contributed by atoms with Gasteiger partial charge in [0.1, 0.15) is 116 Å². The summed E-state index contributed by atoms with van der Waals surface area (Å²) in [5.41, 5.74) is 10.5. The highest BCUT2D eigenvalue weighted by atomic mass is 32.2. The number of nitrogens with zero attached hydrogens (tertiary/aromatic N) is 8. The number of hydrogen-bond acceptors (Lipinski definition) is 15. The maximum atomic E-state index is 13.6. The van der Waals surface area contributed by atoms with E-state index in [2.05, 4.69) is 74.8 Å². The molecule has 0 radical (unpaired) electrons. The summed E-state index contributed by atoms with van der Waals surface area (Å²) in [6.45, 7) is 46.2. The quantitative estimate of drug-likeness (QED) is 0.0327. The molecule has 0 fully saturated rings. The lowest BCUT2D eigenvalue weighted by Crippen LogP contribution is -2.18. The lowest BCUT2D eigenvalue weighted by Gasteiger charge is -2.26. The van der Waals surface area contributed by atoms with E-state index in [1.165, 1.54) is 24.3 Å². The Morgan fingerprint density at radius 1 is 0.226 bits per heavy atom. The third-order valence-electron chi connectivity index (χ3n) is 23.8. The van der Waals surface area contributed by atoms with E-state index in [-0.39, 0.29) is 65.4 Å². The highest BCUT2D eigenvalue weighted by Gasteiger charge is 2.29. The van der Waals surface area contributed by atoms with Crippen LogP contribution in [0, 0.1) is 71.6 Å². The van der Waals surface area contributed by atoms with Crippen LogP contribution < -0.4 is 37.9 Å². The van der Waals surface area contributed by atoms with Gasteiger partial charge in [-0.05, 0) is 299 Å². The number of rotatable bonds is 28. The zero-order valence-electron chi connectivity index (χ0n) is 75.6. The van der Waals surface area contributed by atoms with Crippen molar-refractivity contribution in [3.8, 4) is 116 Å². The summed E-state index contributed by atoms with van der Waals surface area (Å²) in [6, 6.07) is 117. The predicted octanol–water partition coefficient (Wildman–Crippen LogP) is 30.8. The van der Waals surface area contributed by atoms with Gasteiger partial charge in [-0.2, -0.15) is 21.0 Å². The number of sulfone groups is 1. The third-order valence-corrected chi connectivity index (χ3v) is 25.6.